The van der Waals surface area contributed by atoms with Crippen molar-refractivity contribution in [3.63, 3.8) is 0 Å². The zero-order valence-electron chi connectivity index (χ0n) is 17.1. The minimum absolute atomic E-state index is 0.0208. The Kier molecular flexibility index (Phi) is 5.89. The van der Waals surface area contributed by atoms with E-state index in [4.69, 9.17) is 0 Å². The summed E-state index contributed by atoms with van der Waals surface area (Å²) in [6, 6.07) is 22.2. The smallest absolute Gasteiger partial charge is 0.240 e. The Balaban J connectivity index is 1.34. The molecular formula is C25H25N3O2. The summed E-state index contributed by atoms with van der Waals surface area (Å²) in [5, 5.41) is 6.51. The van der Waals surface area contributed by atoms with Crippen LogP contribution in [-0.2, 0) is 16.0 Å². The molecule has 0 unspecified atom stereocenters. The summed E-state index contributed by atoms with van der Waals surface area (Å²) in [5.41, 5.74) is 6.43. The van der Waals surface area contributed by atoms with Crippen LogP contribution in [0.4, 0.5) is 5.69 Å². The van der Waals surface area contributed by atoms with Crippen molar-refractivity contribution in [1.29, 1.82) is 0 Å². The van der Waals surface area contributed by atoms with Crippen molar-refractivity contribution in [3.8, 4) is 0 Å². The molecule has 0 spiro atoms. The summed E-state index contributed by atoms with van der Waals surface area (Å²) >= 11 is 0. The maximum atomic E-state index is 12.7. The summed E-state index contributed by atoms with van der Waals surface area (Å²) < 4.78 is 0. The van der Waals surface area contributed by atoms with Gasteiger partial charge in [-0.3, -0.25) is 9.59 Å². The normalized spacial score (nSPS) is 13.8. The fourth-order valence-corrected chi connectivity index (χ4v) is 3.83. The van der Waals surface area contributed by atoms with Crippen molar-refractivity contribution in [2.75, 3.05) is 11.4 Å². The number of hydrogen-bond donors (Lipinski definition) is 1. The van der Waals surface area contributed by atoms with Crippen molar-refractivity contribution in [1.82, 2.24) is 5.43 Å². The minimum atomic E-state index is -0.256. The maximum absolute atomic E-state index is 12.7. The standard InChI is InChI=1S/C25H25N3O2/c1-18(21-13-12-19-7-2-3-9-22(19)17-21)26-27-24(29)14-15-25(30)28-16-6-10-20-8-4-5-11-23(20)28/h2-5,7-9,11-13,17H,6,10,14-16H2,1H3,(H,27,29). The van der Waals surface area contributed by atoms with Gasteiger partial charge in [-0.2, -0.15) is 5.10 Å². The lowest BCUT2D eigenvalue weighted by atomic mass is 10.0. The number of aryl methyl sites for hydroxylation is 1. The van der Waals surface area contributed by atoms with E-state index in [9.17, 15) is 9.59 Å². The third-order valence-electron chi connectivity index (χ3n) is 5.49. The van der Waals surface area contributed by atoms with E-state index in [2.05, 4.69) is 34.8 Å². The van der Waals surface area contributed by atoms with Gasteiger partial charge in [-0.05, 0) is 53.8 Å². The van der Waals surface area contributed by atoms with Crippen LogP contribution >= 0.6 is 0 Å². The monoisotopic (exact) mass is 399 g/mol. The maximum Gasteiger partial charge on any atom is 0.240 e. The first kappa shape index (κ1) is 19.8. The van der Waals surface area contributed by atoms with E-state index in [1.54, 1.807) is 4.90 Å². The second kappa shape index (κ2) is 8.91. The second-order valence-electron chi connectivity index (χ2n) is 7.57. The molecule has 0 atom stereocenters. The number of nitrogens with one attached hydrogen (secondary N) is 1. The van der Waals surface area contributed by atoms with E-state index in [-0.39, 0.29) is 24.7 Å². The molecular weight excluding hydrogens is 374 g/mol. The molecule has 0 aromatic heterocycles. The molecule has 0 saturated heterocycles. The molecule has 0 radical (unpaired) electrons. The lowest BCUT2D eigenvalue weighted by Crippen LogP contribution is -2.36. The highest BCUT2D eigenvalue weighted by molar-refractivity contribution is 6.02. The van der Waals surface area contributed by atoms with Gasteiger partial charge in [0.25, 0.3) is 0 Å². The van der Waals surface area contributed by atoms with Crippen LogP contribution in [0.15, 0.2) is 71.8 Å². The van der Waals surface area contributed by atoms with E-state index >= 15 is 0 Å². The highest BCUT2D eigenvalue weighted by Gasteiger charge is 2.22. The number of nitrogens with zero attached hydrogens (tertiary/aromatic N) is 2. The van der Waals surface area contributed by atoms with Gasteiger partial charge in [0.1, 0.15) is 0 Å². The van der Waals surface area contributed by atoms with E-state index in [0.29, 0.717) is 6.54 Å². The summed E-state index contributed by atoms with van der Waals surface area (Å²) in [7, 11) is 0. The molecule has 5 nitrogen and oxygen atoms in total. The number of rotatable bonds is 5. The van der Waals surface area contributed by atoms with Crippen molar-refractivity contribution in [3.05, 3.63) is 77.9 Å². The molecule has 0 bridgehead atoms. The molecule has 3 aromatic rings. The predicted molar refractivity (Wildman–Crippen MR) is 121 cm³/mol. The number of anilines is 1. The van der Waals surface area contributed by atoms with Crippen molar-refractivity contribution < 1.29 is 9.59 Å². The third-order valence-corrected chi connectivity index (χ3v) is 5.49. The molecule has 0 aliphatic carbocycles. The molecule has 1 N–H and O–H groups in total. The van der Waals surface area contributed by atoms with Crippen LogP contribution in [0.2, 0.25) is 0 Å². The molecule has 0 fully saturated rings. The zero-order valence-corrected chi connectivity index (χ0v) is 17.1. The first-order valence-electron chi connectivity index (χ1n) is 10.3. The van der Waals surface area contributed by atoms with Gasteiger partial charge in [0.05, 0.1) is 5.71 Å². The molecule has 1 aliphatic heterocycles. The van der Waals surface area contributed by atoms with Crippen LogP contribution in [0.5, 0.6) is 0 Å². The number of hydrazone groups is 1. The van der Waals surface area contributed by atoms with E-state index in [1.165, 1.54) is 5.56 Å². The molecule has 0 saturated carbocycles. The van der Waals surface area contributed by atoms with Crippen LogP contribution in [0.3, 0.4) is 0 Å². The van der Waals surface area contributed by atoms with Gasteiger partial charge in [-0.15, -0.1) is 0 Å². The Hall–Kier alpha value is -3.47. The first-order chi connectivity index (χ1) is 14.6. The van der Waals surface area contributed by atoms with E-state index in [1.807, 2.05) is 49.4 Å². The summed E-state index contributed by atoms with van der Waals surface area (Å²) in [6.07, 6.45) is 2.23. The summed E-state index contributed by atoms with van der Waals surface area (Å²) in [6.45, 7) is 2.57. The molecule has 1 heterocycles. The molecule has 3 aromatic carbocycles. The zero-order chi connectivity index (χ0) is 20.9. The van der Waals surface area contributed by atoms with Gasteiger partial charge in [0, 0.05) is 25.1 Å². The molecule has 152 valence electrons. The van der Waals surface area contributed by atoms with Gasteiger partial charge in [-0.1, -0.05) is 54.6 Å². The third kappa shape index (κ3) is 4.40. The number of hydrogen-bond acceptors (Lipinski definition) is 3. The second-order valence-corrected chi connectivity index (χ2v) is 7.57. The predicted octanol–water partition coefficient (Wildman–Crippen LogP) is 4.44. The van der Waals surface area contributed by atoms with E-state index in [0.717, 1.165) is 40.6 Å². The fourth-order valence-electron chi connectivity index (χ4n) is 3.83. The highest BCUT2D eigenvalue weighted by atomic mass is 16.2. The Morgan fingerprint density at radius 1 is 0.967 bits per heavy atom. The number of benzene rings is 3. The number of carbonyl (C=O) groups excluding carboxylic acids is 2. The largest absolute Gasteiger partial charge is 0.312 e. The van der Waals surface area contributed by atoms with Crippen LogP contribution in [-0.4, -0.2) is 24.1 Å². The lowest BCUT2D eigenvalue weighted by Gasteiger charge is -2.29. The number of para-hydroxylation sites is 1. The molecule has 2 amide bonds. The highest BCUT2D eigenvalue weighted by Crippen LogP contribution is 2.27. The number of fused-ring (bicyclic) bond motifs is 2. The summed E-state index contributed by atoms with van der Waals surface area (Å²) in [5.74, 6) is -0.277. The Bertz CT molecular complexity index is 1120. The van der Waals surface area contributed by atoms with Gasteiger partial charge >= 0.3 is 0 Å². The average Bonchev–Trinajstić information content (AvgIpc) is 2.80. The van der Waals surface area contributed by atoms with Gasteiger partial charge in [0.2, 0.25) is 11.8 Å². The lowest BCUT2D eigenvalue weighted by molar-refractivity contribution is -0.125. The SMILES string of the molecule is CC(=NNC(=O)CCC(=O)N1CCCc2ccccc21)c1ccc2ccccc2c1. The van der Waals surface area contributed by atoms with Crippen LogP contribution < -0.4 is 10.3 Å². The van der Waals surface area contributed by atoms with Crippen molar-refractivity contribution >= 4 is 34.0 Å². The Labute approximate surface area is 176 Å². The number of amides is 2. The molecule has 4 rings (SSSR count). The Morgan fingerprint density at radius 2 is 1.73 bits per heavy atom. The van der Waals surface area contributed by atoms with Crippen molar-refractivity contribution in [2.24, 2.45) is 5.10 Å². The van der Waals surface area contributed by atoms with Crippen LogP contribution in [0.25, 0.3) is 10.8 Å². The van der Waals surface area contributed by atoms with Gasteiger partial charge in [-0.25, -0.2) is 5.43 Å². The van der Waals surface area contributed by atoms with Gasteiger partial charge < -0.3 is 4.90 Å². The molecule has 1 aliphatic rings. The minimum Gasteiger partial charge on any atom is -0.312 e. The van der Waals surface area contributed by atoms with Crippen molar-refractivity contribution in [2.45, 2.75) is 32.6 Å². The first-order valence-corrected chi connectivity index (χ1v) is 10.3. The van der Waals surface area contributed by atoms with Crippen LogP contribution in [0.1, 0.15) is 37.3 Å². The van der Waals surface area contributed by atoms with E-state index < -0.39 is 0 Å². The quantitative estimate of drug-likeness (QED) is 0.509. The fraction of sp³-hybridized carbons (Fsp3) is 0.240. The van der Waals surface area contributed by atoms with Crippen LogP contribution in [0, 0.1) is 0 Å². The number of carbonyl (C=O) groups is 2. The average molecular weight is 399 g/mol. The molecule has 5 heteroatoms. The summed E-state index contributed by atoms with van der Waals surface area (Å²) in [4.78, 5) is 26.7. The Morgan fingerprint density at radius 3 is 2.60 bits per heavy atom. The topological polar surface area (TPSA) is 61.8 Å². The molecule has 30 heavy (non-hydrogen) atoms. The van der Waals surface area contributed by atoms with Gasteiger partial charge in [0.15, 0.2) is 0 Å².